The summed E-state index contributed by atoms with van der Waals surface area (Å²) in [7, 11) is 0. The molecule has 1 amide bonds. The second-order valence-corrected chi connectivity index (χ2v) is 7.49. The number of halogens is 1. The fourth-order valence-electron chi connectivity index (χ4n) is 3.79. The Morgan fingerprint density at radius 3 is 2.79 bits per heavy atom. The molecule has 2 atom stereocenters. The molecular formula is C21H20ClNO5. The van der Waals surface area contributed by atoms with E-state index < -0.39 is 23.5 Å². The minimum Gasteiger partial charge on any atom is -0.503 e. The van der Waals surface area contributed by atoms with Crippen molar-refractivity contribution in [3.05, 3.63) is 69.8 Å². The average molecular weight is 402 g/mol. The van der Waals surface area contributed by atoms with Gasteiger partial charge >= 0.3 is 0 Å². The molecule has 1 N–H and O–H groups in total. The predicted octanol–water partition coefficient (Wildman–Crippen LogP) is 4.00. The summed E-state index contributed by atoms with van der Waals surface area (Å²) < 4.78 is 11.1. The third-order valence-corrected chi connectivity index (χ3v) is 5.34. The molecule has 0 unspecified atom stereocenters. The van der Waals surface area contributed by atoms with Crippen LogP contribution in [0.25, 0.3) is 0 Å². The quantitative estimate of drug-likeness (QED) is 0.766. The van der Waals surface area contributed by atoms with E-state index in [2.05, 4.69) is 0 Å². The maximum atomic E-state index is 13.1. The highest BCUT2D eigenvalue weighted by Crippen LogP contribution is 2.40. The molecule has 2 aliphatic heterocycles. The van der Waals surface area contributed by atoms with E-state index in [1.165, 1.54) is 4.90 Å². The third-order valence-electron chi connectivity index (χ3n) is 5.10. The minimum atomic E-state index is -0.756. The van der Waals surface area contributed by atoms with E-state index in [1.807, 2.05) is 0 Å². The lowest BCUT2D eigenvalue weighted by atomic mass is 9.95. The number of ketones is 1. The Hall–Kier alpha value is -2.57. The van der Waals surface area contributed by atoms with Crippen molar-refractivity contribution in [1.29, 1.82) is 0 Å². The van der Waals surface area contributed by atoms with Gasteiger partial charge in [-0.1, -0.05) is 23.7 Å². The number of carbonyl (C=O) groups is 2. The monoisotopic (exact) mass is 401 g/mol. The molecule has 0 aliphatic carbocycles. The van der Waals surface area contributed by atoms with Gasteiger partial charge in [-0.05, 0) is 49.6 Å². The van der Waals surface area contributed by atoms with Gasteiger partial charge in [0.2, 0.25) is 5.78 Å². The van der Waals surface area contributed by atoms with Crippen LogP contribution in [0.4, 0.5) is 0 Å². The zero-order valence-electron chi connectivity index (χ0n) is 15.4. The first-order valence-electron chi connectivity index (χ1n) is 9.18. The number of aryl methyl sites for hydroxylation is 1. The lowest BCUT2D eigenvalue weighted by Gasteiger charge is -2.28. The second kappa shape index (κ2) is 7.45. The van der Waals surface area contributed by atoms with Gasteiger partial charge in [-0.3, -0.25) is 9.59 Å². The van der Waals surface area contributed by atoms with Gasteiger partial charge in [0.1, 0.15) is 5.76 Å². The van der Waals surface area contributed by atoms with Crippen molar-refractivity contribution in [2.75, 3.05) is 13.2 Å². The molecule has 1 saturated heterocycles. The Morgan fingerprint density at radius 2 is 2.14 bits per heavy atom. The number of hydrogen-bond donors (Lipinski definition) is 1. The molecular weight excluding hydrogens is 382 g/mol. The standard InChI is InChI=1S/C21H20ClNO5/c1-12-7-8-16(28-12)19(24)17-18(13-4-2-5-14(22)10-13)23(21(26)20(17)25)11-15-6-3-9-27-15/h2,4-5,7-8,10,15,18,25H,3,6,9,11H2,1H3/t15-,18-/m1/s1. The minimum absolute atomic E-state index is 0.000358. The first-order valence-corrected chi connectivity index (χ1v) is 9.56. The molecule has 4 rings (SSSR count). The Morgan fingerprint density at radius 1 is 1.32 bits per heavy atom. The summed E-state index contributed by atoms with van der Waals surface area (Å²) in [5, 5.41) is 11.1. The third kappa shape index (κ3) is 3.34. The van der Waals surface area contributed by atoms with Gasteiger partial charge in [0, 0.05) is 18.2 Å². The molecule has 28 heavy (non-hydrogen) atoms. The molecule has 7 heteroatoms. The topological polar surface area (TPSA) is 80.0 Å². The molecule has 6 nitrogen and oxygen atoms in total. The number of carbonyl (C=O) groups excluding carboxylic acids is 2. The lowest BCUT2D eigenvalue weighted by molar-refractivity contribution is -0.131. The fourth-order valence-corrected chi connectivity index (χ4v) is 3.99. The van der Waals surface area contributed by atoms with Gasteiger partial charge in [-0.15, -0.1) is 0 Å². The molecule has 0 saturated carbocycles. The summed E-state index contributed by atoms with van der Waals surface area (Å²) in [6, 6.07) is 9.40. The van der Waals surface area contributed by atoms with Crippen LogP contribution in [0.15, 0.2) is 52.1 Å². The highest BCUT2D eigenvalue weighted by molar-refractivity contribution is 6.30. The van der Waals surface area contributed by atoms with Crippen LogP contribution >= 0.6 is 11.6 Å². The van der Waals surface area contributed by atoms with Crippen LogP contribution in [-0.4, -0.2) is 41.0 Å². The van der Waals surface area contributed by atoms with E-state index >= 15 is 0 Å². The first-order chi connectivity index (χ1) is 13.5. The summed E-state index contributed by atoms with van der Waals surface area (Å²) in [6.45, 7) is 2.66. The average Bonchev–Trinajstić information content (AvgIpc) is 3.38. The number of amides is 1. The van der Waals surface area contributed by atoms with Crippen molar-refractivity contribution in [1.82, 2.24) is 4.90 Å². The van der Waals surface area contributed by atoms with E-state index in [0.717, 1.165) is 12.8 Å². The highest BCUT2D eigenvalue weighted by Gasteiger charge is 2.45. The van der Waals surface area contributed by atoms with Gasteiger partial charge in [0.25, 0.3) is 5.91 Å². The molecule has 1 fully saturated rings. The van der Waals surface area contributed by atoms with E-state index in [4.69, 9.17) is 20.8 Å². The smallest absolute Gasteiger partial charge is 0.290 e. The maximum Gasteiger partial charge on any atom is 0.290 e. The zero-order valence-corrected chi connectivity index (χ0v) is 16.1. The number of aliphatic hydroxyl groups excluding tert-OH is 1. The molecule has 1 aromatic heterocycles. The summed E-state index contributed by atoms with van der Waals surface area (Å²) in [5.41, 5.74) is 0.647. The van der Waals surface area contributed by atoms with Crippen LogP contribution < -0.4 is 0 Å². The zero-order chi connectivity index (χ0) is 19.8. The maximum absolute atomic E-state index is 13.1. The fraction of sp³-hybridized carbons (Fsp3) is 0.333. The Kier molecular flexibility index (Phi) is 5.00. The van der Waals surface area contributed by atoms with Gasteiger partial charge in [-0.2, -0.15) is 0 Å². The van der Waals surface area contributed by atoms with Crippen molar-refractivity contribution in [2.45, 2.75) is 31.9 Å². The van der Waals surface area contributed by atoms with Gasteiger partial charge in [0.05, 0.1) is 17.7 Å². The summed E-state index contributed by atoms with van der Waals surface area (Å²) >= 11 is 6.15. The lowest BCUT2D eigenvalue weighted by Crippen LogP contribution is -2.37. The molecule has 2 aliphatic rings. The number of hydrogen-bond acceptors (Lipinski definition) is 5. The van der Waals surface area contributed by atoms with E-state index in [0.29, 0.717) is 23.0 Å². The number of ether oxygens (including phenoxy) is 1. The highest BCUT2D eigenvalue weighted by atomic mass is 35.5. The Bertz CT molecular complexity index is 957. The van der Waals surface area contributed by atoms with Gasteiger partial charge in [-0.25, -0.2) is 0 Å². The number of benzene rings is 1. The van der Waals surface area contributed by atoms with Crippen LogP contribution in [0.5, 0.6) is 0 Å². The van der Waals surface area contributed by atoms with Crippen molar-refractivity contribution in [3.63, 3.8) is 0 Å². The van der Waals surface area contributed by atoms with Crippen molar-refractivity contribution < 1.29 is 23.8 Å². The predicted molar refractivity (Wildman–Crippen MR) is 102 cm³/mol. The number of Topliss-reactive ketones (excluding diaryl/α,β-unsaturated/α-hetero) is 1. The normalized spacial score (nSPS) is 22.4. The van der Waals surface area contributed by atoms with Crippen molar-refractivity contribution >= 4 is 23.3 Å². The number of rotatable bonds is 5. The Balaban J connectivity index is 1.77. The summed E-state index contributed by atoms with van der Waals surface area (Å²) in [5.74, 6) is -1.01. The van der Waals surface area contributed by atoms with E-state index in [-0.39, 0.29) is 24.0 Å². The van der Waals surface area contributed by atoms with Gasteiger partial charge in [0.15, 0.2) is 11.5 Å². The van der Waals surface area contributed by atoms with Crippen LogP contribution in [0.2, 0.25) is 5.02 Å². The molecule has 0 spiro atoms. The number of aliphatic hydroxyl groups is 1. The van der Waals surface area contributed by atoms with Gasteiger partial charge < -0.3 is 19.2 Å². The molecule has 0 bridgehead atoms. The molecule has 1 aromatic carbocycles. The molecule has 146 valence electrons. The van der Waals surface area contributed by atoms with E-state index in [9.17, 15) is 14.7 Å². The largest absolute Gasteiger partial charge is 0.503 e. The van der Waals surface area contributed by atoms with Crippen LogP contribution in [0, 0.1) is 6.92 Å². The summed E-state index contributed by atoms with van der Waals surface area (Å²) in [6.07, 6.45) is 1.62. The first kappa shape index (κ1) is 18.8. The van der Waals surface area contributed by atoms with Crippen LogP contribution in [0.3, 0.4) is 0 Å². The SMILES string of the molecule is Cc1ccc(C(=O)C2=C(O)C(=O)N(C[C@H]3CCCO3)[C@@H]2c2cccc(Cl)c2)o1. The number of furan rings is 1. The van der Waals surface area contributed by atoms with Crippen molar-refractivity contribution in [3.8, 4) is 0 Å². The van der Waals surface area contributed by atoms with Crippen LogP contribution in [-0.2, 0) is 9.53 Å². The summed E-state index contributed by atoms with van der Waals surface area (Å²) in [4.78, 5) is 27.5. The molecule has 0 radical (unpaired) electrons. The second-order valence-electron chi connectivity index (χ2n) is 7.05. The molecule has 2 aromatic rings. The molecule has 3 heterocycles. The number of nitrogens with zero attached hydrogens (tertiary/aromatic N) is 1. The van der Waals surface area contributed by atoms with Crippen molar-refractivity contribution in [2.24, 2.45) is 0 Å². The van der Waals surface area contributed by atoms with Crippen LogP contribution in [0.1, 0.15) is 40.8 Å². The Labute approximate surface area is 167 Å². The van der Waals surface area contributed by atoms with E-state index in [1.54, 1.807) is 43.3 Å².